The van der Waals surface area contributed by atoms with E-state index in [0.29, 0.717) is 31.7 Å². The van der Waals surface area contributed by atoms with Gasteiger partial charge in [-0.25, -0.2) is 0 Å². The van der Waals surface area contributed by atoms with Crippen LogP contribution in [0.3, 0.4) is 0 Å². The first-order chi connectivity index (χ1) is 12.6. The van der Waals surface area contributed by atoms with Crippen LogP contribution in [0.15, 0.2) is 36.7 Å². The Morgan fingerprint density at radius 2 is 1.88 bits per heavy atom. The van der Waals surface area contributed by atoms with Gasteiger partial charge in [0, 0.05) is 37.5 Å². The molecule has 0 aliphatic carbocycles. The molecular formula is C20H23N3O3. The molecule has 1 aromatic carbocycles. The Labute approximate surface area is 152 Å². The Morgan fingerprint density at radius 3 is 2.65 bits per heavy atom. The molecule has 2 aliphatic heterocycles. The predicted molar refractivity (Wildman–Crippen MR) is 97.4 cm³/mol. The lowest BCUT2D eigenvalue weighted by molar-refractivity contribution is -0.124. The van der Waals surface area contributed by atoms with E-state index in [-0.39, 0.29) is 29.8 Å². The van der Waals surface area contributed by atoms with Crippen molar-refractivity contribution in [2.45, 2.75) is 25.4 Å². The minimum atomic E-state index is -0.271. The molecule has 2 saturated heterocycles. The van der Waals surface area contributed by atoms with Crippen molar-refractivity contribution >= 4 is 22.6 Å². The highest BCUT2D eigenvalue weighted by Crippen LogP contribution is 2.33. The van der Waals surface area contributed by atoms with Gasteiger partial charge in [-0.05, 0) is 30.6 Å². The van der Waals surface area contributed by atoms with Crippen molar-refractivity contribution in [3.63, 3.8) is 0 Å². The van der Waals surface area contributed by atoms with Crippen molar-refractivity contribution in [2.24, 2.45) is 17.6 Å². The number of hydrogen-bond donors (Lipinski definition) is 1. The fourth-order valence-electron chi connectivity index (χ4n) is 4.27. The third-order valence-electron chi connectivity index (χ3n) is 5.69. The van der Waals surface area contributed by atoms with Crippen molar-refractivity contribution in [3.8, 4) is 0 Å². The molecule has 2 aliphatic rings. The van der Waals surface area contributed by atoms with Crippen molar-refractivity contribution in [3.05, 3.63) is 42.2 Å². The molecule has 6 heteroatoms. The number of likely N-dealkylation sites (tertiary alicyclic amines) is 1. The van der Waals surface area contributed by atoms with Crippen LogP contribution in [-0.4, -0.2) is 47.5 Å². The monoisotopic (exact) mass is 353 g/mol. The first-order valence-electron chi connectivity index (χ1n) is 9.18. The second-order valence-corrected chi connectivity index (χ2v) is 7.17. The molecule has 2 N–H and O–H groups in total. The van der Waals surface area contributed by atoms with Crippen LogP contribution in [0.1, 0.15) is 29.6 Å². The minimum absolute atomic E-state index is 0.0199. The van der Waals surface area contributed by atoms with Crippen LogP contribution in [0, 0.1) is 11.8 Å². The van der Waals surface area contributed by atoms with Gasteiger partial charge in [-0.3, -0.25) is 14.6 Å². The largest absolute Gasteiger partial charge is 0.377 e. The zero-order valence-electron chi connectivity index (χ0n) is 14.6. The Balaban J connectivity index is 1.46. The number of hydrogen-bond acceptors (Lipinski definition) is 4. The van der Waals surface area contributed by atoms with E-state index in [1.807, 2.05) is 29.2 Å². The number of nitrogens with two attached hydrogens (primary N) is 1. The Hall–Kier alpha value is -2.47. The molecule has 2 aromatic rings. The molecule has 6 nitrogen and oxygen atoms in total. The molecule has 1 aromatic heterocycles. The summed E-state index contributed by atoms with van der Waals surface area (Å²) in [6.07, 6.45) is 5.71. The van der Waals surface area contributed by atoms with Gasteiger partial charge in [-0.1, -0.05) is 24.3 Å². The van der Waals surface area contributed by atoms with Crippen LogP contribution >= 0.6 is 0 Å². The third kappa shape index (κ3) is 3.05. The summed E-state index contributed by atoms with van der Waals surface area (Å²) in [6.45, 7) is 1.93. The second kappa shape index (κ2) is 7.03. The van der Waals surface area contributed by atoms with Crippen LogP contribution in [0.2, 0.25) is 0 Å². The molecule has 4 rings (SSSR count). The number of nitrogens with zero attached hydrogens (tertiary/aromatic N) is 2. The first-order valence-corrected chi connectivity index (χ1v) is 9.18. The average molecular weight is 353 g/mol. The summed E-state index contributed by atoms with van der Waals surface area (Å²) >= 11 is 0. The molecule has 0 unspecified atom stereocenters. The van der Waals surface area contributed by atoms with Gasteiger partial charge in [0.05, 0.1) is 17.6 Å². The fourth-order valence-corrected chi connectivity index (χ4v) is 4.27. The molecule has 2 amide bonds. The van der Waals surface area contributed by atoms with E-state index in [1.54, 1.807) is 12.4 Å². The molecular weight excluding hydrogens is 330 g/mol. The number of benzene rings is 1. The van der Waals surface area contributed by atoms with Crippen molar-refractivity contribution in [2.75, 3.05) is 19.7 Å². The highest BCUT2D eigenvalue weighted by atomic mass is 16.5. The maximum absolute atomic E-state index is 13.0. The second-order valence-electron chi connectivity index (χ2n) is 7.17. The van der Waals surface area contributed by atoms with E-state index >= 15 is 0 Å². The summed E-state index contributed by atoms with van der Waals surface area (Å²) in [4.78, 5) is 30.7. The molecule has 0 saturated carbocycles. The van der Waals surface area contributed by atoms with E-state index < -0.39 is 0 Å². The first kappa shape index (κ1) is 17.0. The minimum Gasteiger partial charge on any atom is -0.377 e. The fraction of sp³-hybridized carbons (Fsp3) is 0.450. The summed E-state index contributed by atoms with van der Waals surface area (Å²) in [5.41, 5.74) is 6.16. The van der Waals surface area contributed by atoms with Crippen molar-refractivity contribution in [1.82, 2.24) is 9.88 Å². The molecule has 0 bridgehead atoms. The lowest BCUT2D eigenvalue weighted by atomic mass is 9.84. The molecule has 2 fully saturated rings. The smallest absolute Gasteiger partial charge is 0.256 e. The Morgan fingerprint density at radius 1 is 1.12 bits per heavy atom. The standard InChI is InChI=1S/C20H23N3O3/c21-19(24)16-7-10-26-18(16)13-5-8-23(9-6-13)20(25)17-12-22-11-14-3-1-2-4-15(14)17/h1-4,11-13,16,18H,5-10H2,(H2,21,24)/t16-,18+/m0/s1. The highest BCUT2D eigenvalue weighted by Gasteiger charge is 2.40. The number of fused-ring (bicyclic) bond motifs is 1. The van der Waals surface area contributed by atoms with Crippen molar-refractivity contribution < 1.29 is 14.3 Å². The maximum atomic E-state index is 13.0. The van der Waals surface area contributed by atoms with Gasteiger partial charge in [0.15, 0.2) is 0 Å². The highest BCUT2D eigenvalue weighted by molar-refractivity contribution is 6.06. The molecule has 3 heterocycles. The zero-order valence-corrected chi connectivity index (χ0v) is 14.6. The number of amides is 2. The molecule has 0 radical (unpaired) electrons. The maximum Gasteiger partial charge on any atom is 0.256 e. The third-order valence-corrected chi connectivity index (χ3v) is 5.69. The molecule has 26 heavy (non-hydrogen) atoms. The van der Waals surface area contributed by atoms with Crippen LogP contribution in [0.5, 0.6) is 0 Å². The number of rotatable bonds is 3. The quantitative estimate of drug-likeness (QED) is 0.914. The number of ether oxygens (including phenoxy) is 1. The number of primary amides is 1. The number of carbonyl (C=O) groups is 2. The van der Waals surface area contributed by atoms with E-state index in [4.69, 9.17) is 10.5 Å². The van der Waals surface area contributed by atoms with E-state index in [9.17, 15) is 9.59 Å². The average Bonchev–Trinajstić information content (AvgIpc) is 3.17. The van der Waals surface area contributed by atoms with Gasteiger partial charge in [0.25, 0.3) is 5.91 Å². The van der Waals surface area contributed by atoms with Crippen LogP contribution < -0.4 is 5.73 Å². The molecule has 0 spiro atoms. The number of aromatic nitrogens is 1. The topological polar surface area (TPSA) is 85.5 Å². The Bertz CT molecular complexity index is 825. The summed E-state index contributed by atoms with van der Waals surface area (Å²) in [7, 11) is 0. The van der Waals surface area contributed by atoms with E-state index in [2.05, 4.69) is 4.98 Å². The number of pyridine rings is 1. The summed E-state index contributed by atoms with van der Waals surface area (Å²) in [5.74, 6) is -0.159. The van der Waals surface area contributed by atoms with E-state index in [1.165, 1.54) is 0 Å². The molecule has 2 atom stereocenters. The summed E-state index contributed by atoms with van der Waals surface area (Å²) < 4.78 is 5.79. The SMILES string of the molecule is NC(=O)[C@H]1CCO[C@@H]1C1CCN(C(=O)c2cncc3ccccc23)CC1. The van der Waals surface area contributed by atoms with Gasteiger partial charge in [0.1, 0.15) is 0 Å². The van der Waals surface area contributed by atoms with Gasteiger partial charge in [-0.2, -0.15) is 0 Å². The van der Waals surface area contributed by atoms with Gasteiger partial charge in [0.2, 0.25) is 5.91 Å². The lowest BCUT2D eigenvalue weighted by Gasteiger charge is -2.35. The van der Waals surface area contributed by atoms with E-state index in [0.717, 1.165) is 23.6 Å². The normalized spacial score (nSPS) is 24.1. The predicted octanol–water partition coefficient (Wildman–Crippen LogP) is 1.98. The van der Waals surface area contributed by atoms with Crippen LogP contribution in [-0.2, 0) is 9.53 Å². The van der Waals surface area contributed by atoms with Crippen LogP contribution in [0.25, 0.3) is 10.8 Å². The molecule has 136 valence electrons. The zero-order chi connectivity index (χ0) is 18.1. The summed E-state index contributed by atoms with van der Waals surface area (Å²) in [5, 5.41) is 1.90. The number of piperidine rings is 1. The van der Waals surface area contributed by atoms with Gasteiger partial charge >= 0.3 is 0 Å². The van der Waals surface area contributed by atoms with Crippen LogP contribution in [0.4, 0.5) is 0 Å². The number of carbonyl (C=O) groups excluding carboxylic acids is 2. The van der Waals surface area contributed by atoms with Gasteiger partial charge in [-0.15, -0.1) is 0 Å². The summed E-state index contributed by atoms with van der Waals surface area (Å²) in [6, 6.07) is 7.81. The lowest BCUT2D eigenvalue weighted by Crippen LogP contribution is -2.44. The Kier molecular flexibility index (Phi) is 4.59. The van der Waals surface area contributed by atoms with Crippen molar-refractivity contribution in [1.29, 1.82) is 0 Å². The van der Waals surface area contributed by atoms with Gasteiger partial charge < -0.3 is 15.4 Å².